The summed E-state index contributed by atoms with van der Waals surface area (Å²) in [7, 11) is 0. The quantitative estimate of drug-likeness (QED) is 0.735. The molecule has 26 heavy (non-hydrogen) atoms. The second-order valence-corrected chi connectivity index (χ2v) is 6.75. The third-order valence-electron chi connectivity index (χ3n) is 4.75. The Hall–Kier alpha value is -2.44. The molecule has 0 atom stereocenters. The summed E-state index contributed by atoms with van der Waals surface area (Å²) in [5.74, 6) is -0.165. The number of aryl methyl sites for hydroxylation is 1. The van der Waals surface area contributed by atoms with Gasteiger partial charge in [0.15, 0.2) is 5.65 Å². The number of anilines is 1. The summed E-state index contributed by atoms with van der Waals surface area (Å²) in [6, 6.07) is 0. The first-order chi connectivity index (χ1) is 12.6. The molecule has 2 aromatic rings. The molecular formula is C19H27N5O2. The van der Waals surface area contributed by atoms with Crippen LogP contribution in [-0.2, 0) is 17.9 Å². The molecule has 0 aromatic carbocycles. The van der Waals surface area contributed by atoms with E-state index in [2.05, 4.69) is 17.3 Å². The predicted octanol–water partition coefficient (Wildman–Crippen LogP) is 3.34. The summed E-state index contributed by atoms with van der Waals surface area (Å²) >= 11 is 0. The van der Waals surface area contributed by atoms with Gasteiger partial charge in [-0.05, 0) is 12.8 Å². The number of rotatable bonds is 8. The zero-order chi connectivity index (χ0) is 18.7. The Kier molecular flexibility index (Phi) is 5.54. The first kappa shape index (κ1) is 18.4. The van der Waals surface area contributed by atoms with Gasteiger partial charge in [-0.1, -0.05) is 33.6 Å². The number of carbonyl (C=O) groups excluding carboxylic acids is 2. The molecule has 2 aromatic heterocycles. The Balaban J connectivity index is 2.07. The lowest BCUT2D eigenvalue weighted by atomic mass is 10.1. The van der Waals surface area contributed by atoms with Crippen LogP contribution in [0, 0.1) is 0 Å². The molecule has 7 heteroatoms. The number of nitrogens with zero attached hydrogens (tertiary/aromatic N) is 4. The van der Waals surface area contributed by atoms with Gasteiger partial charge in [-0.2, -0.15) is 5.10 Å². The number of aromatic nitrogens is 3. The lowest BCUT2D eigenvalue weighted by Crippen LogP contribution is -2.25. The standard InChI is InChI=1S/C19H27N5O2/c1-4-7-8-10-24-18-13(11-20-24)17(22-15(25)6-3)16-14(21-18)12-23(9-5-2)19(16)26/h11H,4-10,12H2,1-3H3,(H,21,22,25). The van der Waals surface area contributed by atoms with Crippen molar-refractivity contribution in [1.29, 1.82) is 0 Å². The first-order valence-electron chi connectivity index (χ1n) is 9.58. The fourth-order valence-corrected chi connectivity index (χ4v) is 3.37. The maximum absolute atomic E-state index is 12.8. The van der Waals surface area contributed by atoms with Crippen molar-refractivity contribution in [1.82, 2.24) is 19.7 Å². The van der Waals surface area contributed by atoms with Crippen LogP contribution in [0.25, 0.3) is 11.0 Å². The normalized spacial score (nSPS) is 13.5. The molecule has 1 N–H and O–H groups in total. The van der Waals surface area contributed by atoms with Gasteiger partial charge in [0.05, 0.1) is 35.1 Å². The van der Waals surface area contributed by atoms with Crippen molar-refractivity contribution in [3.05, 3.63) is 17.5 Å². The SMILES string of the molecule is CCCCCn1ncc2c(NC(=O)CC)c3c(nc21)CN(CCC)C3=O. The second-order valence-electron chi connectivity index (χ2n) is 6.75. The van der Waals surface area contributed by atoms with E-state index < -0.39 is 0 Å². The minimum absolute atomic E-state index is 0.0543. The number of nitrogens with one attached hydrogen (secondary N) is 1. The number of fused-ring (bicyclic) bond motifs is 2. The summed E-state index contributed by atoms with van der Waals surface area (Å²) in [4.78, 5) is 31.5. The van der Waals surface area contributed by atoms with Gasteiger partial charge in [0.1, 0.15) is 0 Å². The molecule has 0 fully saturated rings. The van der Waals surface area contributed by atoms with Gasteiger partial charge in [-0.15, -0.1) is 0 Å². The predicted molar refractivity (Wildman–Crippen MR) is 101 cm³/mol. The van der Waals surface area contributed by atoms with Gasteiger partial charge in [0, 0.05) is 19.5 Å². The largest absolute Gasteiger partial charge is 0.333 e. The highest BCUT2D eigenvalue weighted by Gasteiger charge is 2.33. The van der Waals surface area contributed by atoms with Crippen molar-refractivity contribution in [2.45, 2.75) is 66.0 Å². The Morgan fingerprint density at radius 2 is 2.00 bits per heavy atom. The zero-order valence-corrected chi connectivity index (χ0v) is 15.8. The van der Waals surface area contributed by atoms with Crippen LogP contribution in [0.4, 0.5) is 5.69 Å². The van der Waals surface area contributed by atoms with E-state index in [0.29, 0.717) is 30.8 Å². The van der Waals surface area contributed by atoms with E-state index in [-0.39, 0.29) is 11.8 Å². The van der Waals surface area contributed by atoms with E-state index in [1.165, 1.54) is 0 Å². The van der Waals surface area contributed by atoms with E-state index in [1.54, 1.807) is 18.0 Å². The third-order valence-corrected chi connectivity index (χ3v) is 4.75. The highest BCUT2D eigenvalue weighted by atomic mass is 16.2. The maximum atomic E-state index is 12.8. The van der Waals surface area contributed by atoms with E-state index in [9.17, 15) is 9.59 Å². The molecule has 0 unspecified atom stereocenters. The van der Waals surface area contributed by atoms with Gasteiger partial charge in [-0.25, -0.2) is 9.67 Å². The molecule has 0 radical (unpaired) electrons. The summed E-state index contributed by atoms with van der Waals surface area (Å²) in [5.41, 5.74) is 2.58. The van der Waals surface area contributed by atoms with E-state index in [4.69, 9.17) is 4.98 Å². The van der Waals surface area contributed by atoms with E-state index >= 15 is 0 Å². The second kappa shape index (κ2) is 7.85. The fraction of sp³-hybridized carbons (Fsp3) is 0.579. The number of unbranched alkanes of at least 4 members (excludes halogenated alkanes) is 2. The number of carbonyl (C=O) groups is 2. The van der Waals surface area contributed by atoms with Gasteiger partial charge < -0.3 is 10.2 Å². The van der Waals surface area contributed by atoms with Gasteiger partial charge in [-0.3, -0.25) is 9.59 Å². The Morgan fingerprint density at radius 3 is 2.69 bits per heavy atom. The molecule has 7 nitrogen and oxygen atoms in total. The van der Waals surface area contributed by atoms with Gasteiger partial charge in [0.2, 0.25) is 5.91 Å². The van der Waals surface area contributed by atoms with Crippen LogP contribution in [0.2, 0.25) is 0 Å². The minimum atomic E-state index is -0.111. The van der Waals surface area contributed by atoms with Crippen molar-refractivity contribution in [2.75, 3.05) is 11.9 Å². The molecule has 3 rings (SSSR count). The zero-order valence-electron chi connectivity index (χ0n) is 15.8. The summed E-state index contributed by atoms with van der Waals surface area (Å²) < 4.78 is 1.89. The van der Waals surface area contributed by atoms with Crippen molar-refractivity contribution in [3.63, 3.8) is 0 Å². The fourth-order valence-electron chi connectivity index (χ4n) is 3.37. The molecule has 0 spiro atoms. The third kappa shape index (κ3) is 3.30. The van der Waals surface area contributed by atoms with Crippen LogP contribution in [0.1, 0.15) is 68.9 Å². The monoisotopic (exact) mass is 357 g/mol. The van der Waals surface area contributed by atoms with Crippen LogP contribution in [0.3, 0.4) is 0 Å². The summed E-state index contributed by atoms with van der Waals surface area (Å²) in [6.07, 6.45) is 6.27. The highest BCUT2D eigenvalue weighted by Crippen LogP contribution is 2.34. The lowest BCUT2D eigenvalue weighted by Gasteiger charge is -2.13. The summed E-state index contributed by atoms with van der Waals surface area (Å²) in [5, 5.41) is 8.13. The first-order valence-corrected chi connectivity index (χ1v) is 9.58. The van der Waals surface area contributed by atoms with Crippen molar-refractivity contribution in [2.24, 2.45) is 0 Å². The number of hydrogen-bond acceptors (Lipinski definition) is 4. The Morgan fingerprint density at radius 1 is 1.19 bits per heavy atom. The molecule has 0 aliphatic carbocycles. The van der Waals surface area contributed by atoms with Crippen LogP contribution in [0.15, 0.2) is 6.20 Å². The molecule has 1 aliphatic heterocycles. The Bertz CT molecular complexity index is 827. The number of amides is 2. The molecule has 1 aliphatic rings. The maximum Gasteiger partial charge on any atom is 0.258 e. The van der Waals surface area contributed by atoms with Crippen molar-refractivity contribution >= 4 is 28.5 Å². The van der Waals surface area contributed by atoms with Gasteiger partial charge >= 0.3 is 0 Å². The molecule has 140 valence electrons. The molecular weight excluding hydrogens is 330 g/mol. The average Bonchev–Trinajstić information content (AvgIpc) is 3.17. The molecule has 0 saturated carbocycles. The molecule has 3 heterocycles. The van der Waals surface area contributed by atoms with Gasteiger partial charge in [0.25, 0.3) is 5.91 Å². The van der Waals surface area contributed by atoms with Crippen molar-refractivity contribution in [3.8, 4) is 0 Å². The van der Waals surface area contributed by atoms with Crippen LogP contribution in [0.5, 0.6) is 0 Å². The summed E-state index contributed by atoms with van der Waals surface area (Å²) in [6.45, 7) is 7.98. The highest BCUT2D eigenvalue weighted by molar-refractivity contribution is 6.13. The lowest BCUT2D eigenvalue weighted by molar-refractivity contribution is -0.115. The molecule has 0 saturated heterocycles. The molecule has 2 amide bonds. The molecule has 0 bridgehead atoms. The van der Waals surface area contributed by atoms with Crippen LogP contribution < -0.4 is 5.32 Å². The Labute approximate surface area is 153 Å². The number of pyridine rings is 1. The van der Waals surface area contributed by atoms with E-state index in [1.807, 2.05) is 11.6 Å². The van der Waals surface area contributed by atoms with Crippen molar-refractivity contribution < 1.29 is 9.59 Å². The number of hydrogen-bond donors (Lipinski definition) is 1. The average molecular weight is 357 g/mol. The van der Waals surface area contributed by atoms with E-state index in [0.717, 1.165) is 49.0 Å². The topological polar surface area (TPSA) is 80.1 Å². The smallest absolute Gasteiger partial charge is 0.258 e. The van der Waals surface area contributed by atoms with Crippen LogP contribution in [-0.4, -0.2) is 38.0 Å². The van der Waals surface area contributed by atoms with Crippen LogP contribution >= 0.6 is 0 Å². The minimum Gasteiger partial charge on any atom is -0.333 e.